The van der Waals surface area contributed by atoms with E-state index < -0.39 is 0 Å². The van der Waals surface area contributed by atoms with Crippen LogP contribution in [0.1, 0.15) is 11.3 Å². The molecule has 26 heavy (non-hydrogen) atoms. The standard InChI is InChI=1S/2C6H7N.C4H10N2.C4H9NO/c1-6-2-4-7-5-3-6;1-6-4-2-3-5-7-6;1-2-6-4-3-5-1;1-3-6-4-2-5-1/h2*2-5H,1H3;5-6H,1-4H2;5H,1-4H2. The Kier molecular flexibility index (Phi) is 14.2. The van der Waals surface area contributed by atoms with Gasteiger partial charge in [-0.05, 0) is 43.7 Å². The summed E-state index contributed by atoms with van der Waals surface area (Å²) in [5.41, 5.74) is 2.33. The van der Waals surface area contributed by atoms with E-state index in [2.05, 4.69) is 25.9 Å². The van der Waals surface area contributed by atoms with Gasteiger partial charge in [0.2, 0.25) is 0 Å². The van der Waals surface area contributed by atoms with E-state index in [1.807, 2.05) is 44.2 Å². The van der Waals surface area contributed by atoms with Gasteiger partial charge in [-0.15, -0.1) is 0 Å². The number of morpholine rings is 1. The number of aryl methyl sites for hydroxylation is 2. The molecule has 144 valence electrons. The van der Waals surface area contributed by atoms with Gasteiger partial charge in [0, 0.05) is 63.6 Å². The van der Waals surface area contributed by atoms with Gasteiger partial charge in [-0.3, -0.25) is 9.97 Å². The number of piperazine rings is 1. The zero-order valence-electron chi connectivity index (χ0n) is 16.1. The second kappa shape index (κ2) is 16.6. The van der Waals surface area contributed by atoms with Crippen molar-refractivity contribution in [3.8, 4) is 0 Å². The lowest BCUT2D eigenvalue weighted by Gasteiger charge is -2.11. The fourth-order valence-corrected chi connectivity index (χ4v) is 1.99. The van der Waals surface area contributed by atoms with Crippen molar-refractivity contribution in [3.05, 3.63) is 60.2 Å². The number of rotatable bonds is 0. The second-order valence-electron chi connectivity index (χ2n) is 5.86. The first-order valence-corrected chi connectivity index (χ1v) is 9.23. The predicted molar refractivity (Wildman–Crippen MR) is 107 cm³/mol. The Balaban J connectivity index is 0.000000174. The average molecular weight is 360 g/mol. The lowest BCUT2D eigenvalue weighted by molar-refractivity contribution is 0.109. The van der Waals surface area contributed by atoms with Crippen molar-refractivity contribution in [1.82, 2.24) is 25.9 Å². The molecule has 3 N–H and O–H groups in total. The fourth-order valence-electron chi connectivity index (χ4n) is 1.99. The minimum atomic E-state index is 0.889. The maximum atomic E-state index is 5.01. The van der Waals surface area contributed by atoms with Crippen molar-refractivity contribution in [2.45, 2.75) is 13.8 Å². The molecule has 0 radical (unpaired) electrons. The summed E-state index contributed by atoms with van der Waals surface area (Å²) in [6.45, 7) is 12.4. The van der Waals surface area contributed by atoms with Crippen LogP contribution in [-0.2, 0) is 4.74 Å². The van der Waals surface area contributed by atoms with E-state index in [0.29, 0.717) is 0 Å². The summed E-state index contributed by atoms with van der Waals surface area (Å²) in [5, 5.41) is 9.60. The maximum Gasteiger partial charge on any atom is 0.0591 e. The van der Waals surface area contributed by atoms with E-state index >= 15 is 0 Å². The number of ether oxygens (including phenoxy) is 1. The molecule has 2 saturated heterocycles. The zero-order chi connectivity index (χ0) is 18.7. The van der Waals surface area contributed by atoms with Gasteiger partial charge in [0.05, 0.1) is 13.2 Å². The molecular weight excluding hydrogens is 326 g/mol. The first kappa shape index (κ1) is 22.2. The summed E-state index contributed by atoms with van der Waals surface area (Å²) in [6, 6.07) is 9.80. The van der Waals surface area contributed by atoms with E-state index in [-0.39, 0.29) is 0 Å². The van der Waals surface area contributed by atoms with E-state index in [9.17, 15) is 0 Å². The van der Waals surface area contributed by atoms with Gasteiger partial charge < -0.3 is 20.7 Å². The third-order valence-electron chi connectivity index (χ3n) is 3.46. The van der Waals surface area contributed by atoms with Crippen LogP contribution < -0.4 is 16.0 Å². The molecule has 0 unspecified atom stereocenters. The lowest BCUT2D eigenvalue weighted by atomic mass is 10.3. The van der Waals surface area contributed by atoms with Gasteiger partial charge in [-0.25, -0.2) is 0 Å². The van der Waals surface area contributed by atoms with Gasteiger partial charge >= 0.3 is 0 Å². The van der Waals surface area contributed by atoms with E-state index in [4.69, 9.17) is 4.74 Å². The molecule has 0 amide bonds. The SMILES string of the molecule is C1CNCCN1.C1COCCN1.Cc1ccccn1.Cc1ccncc1. The number of nitrogens with one attached hydrogen (secondary N) is 3. The van der Waals surface area contributed by atoms with Crippen LogP contribution in [0.5, 0.6) is 0 Å². The molecule has 0 saturated carbocycles. The molecule has 2 aliphatic heterocycles. The molecular formula is C20H33N5O. The molecule has 0 aliphatic carbocycles. The van der Waals surface area contributed by atoms with Crippen molar-refractivity contribution >= 4 is 0 Å². The molecule has 2 aromatic rings. The van der Waals surface area contributed by atoms with Crippen LogP contribution in [-0.4, -0.2) is 62.5 Å². The van der Waals surface area contributed by atoms with Gasteiger partial charge in [0.25, 0.3) is 0 Å². The minimum Gasteiger partial charge on any atom is -0.379 e. The van der Waals surface area contributed by atoms with Gasteiger partial charge in [-0.1, -0.05) is 6.07 Å². The van der Waals surface area contributed by atoms with Gasteiger partial charge in [0.15, 0.2) is 0 Å². The average Bonchev–Trinajstić information content (AvgIpc) is 2.73. The lowest BCUT2D eigenvalue weighted by Crippen LogP contribution is -2.39. The number of nitrogens with zero attached hydrogens (tertiary/aromatic N) is 2. The molecule has 0 spiro atoms. The first-order chi connectivity index (χ1) is 12.8. The minimum absolute atomic E-state index is 0.889. The number of hydrogen-bond acceptors (Lipinski definition) is 6. The number of aromatic nitrogens is 2. The molecule has 4 heterocycles. The highest BCUT2D eigenvalue weighted by Gasteiger charge is 1.93. The zero-order valence-corrected chi connectivity index (χ0v) is 16.1. The Hall–Kier alpha value is -1.86. The Bertz CT molecular complexity index is 444. The van der Waals surface area contributed by atoms with E-state index in [1.165, 1.54) is 5.56 Å². The highest BCUT2D eigenvalue weighted by molar-refractivity contribution is 5.05. The molecule has 6 heteroatoms. The molecule has 6 nitrogen and oxygen atoms in total. The van der Waals surface area contributed by atoms with Crippen LogP contribution in [0.3, 0.4) is 0 Å². The molecule has 2 fully saturated rings. The predicted octanol–water partition coefficient (Wildman–Crippen LogP) is 1.57. The Morgan fingerprint density at radius 2 is 1.31 bits per heavy atom. The summed E-state index contributed by atoms with van der Waals surface area (Å²) in [4.78, 5) is 7.82. The van der Waals surface area contributed by atoms with Crippen LogP contribution >= 0.6 is 0 Å². The fraction of sp³-hybridized carbons (Fsp3) is 0.500. The van der Waals surface area contributed by atoms with E-state index in [1.54, 1.807) is 18.6 Å². The van der Waals surface area contributed by atoms with Crippen molar-refractivity contribution in [2.24, 2.45) is 0 Å². The smallest absolute Gasteiger partial charge is 0.0591 e. The van der Waals surface area contributed by atoms with Crippen molar-refractivity contribution in [2.75, 3.05) is 52.5 Å². The monoisotopic (exact) mass is 359 g/mol. The Morgan fingerprint density at radius 3 is 1.54 bits per heavy atom. The molecule has 0 bridgehead atoms. The summed E-state index contributed by atoms with van der Waals surface area (Å²) in [6.07, 6.45) is 5.36. The van der Waals surface area contributed by atoms with Crippen LogP contribution in [0.2, 0.25) is 0 Å². The molecule has 0 atom stereocenters. The summed E-state index contributed by atoms with van der Waals surface area (Å²) in [7, 11) is 0. The van der Waals surface area contributed by atoms with E-state index in [0.717, 1.165) is 58.2 Å². The topological polar surface area (TPSA) is 71.1 Å². The molecule has 4 rings (SSSR count). The number of hydrogen-bond donors (Lipinski definition) is 3. The first-order valence-electron chi connectivity index (χ1n) is 9.23. The van der Waals surface area contributed by atoms with Crippen molar-refractivity contribution in [3.63, 3.8) is 0 Å². The molecule has 0 aromatic carbocycles. The summed E-state index contributed by atoms with van der Waals surface area (Å²) in [5.74, 6) is 0. The summed E-state index contributed by atoms with van der Waals surface area (Å²) >= 11 is 0. The quantitative estimate of drug-likeness (QED) is 0.663. The Morgan fingerprint density at radius 1 is 0.731 bits per heavy atom. The van der Waals surface area contributed by atoms with Crippen LogP contribution in [0.4, 0.5) is 0 Å². The third kappa shape index (κ3) is 14.5. The molecule has 2 aliphatic rings. The van der Waals surface area contributed by atoms with Crippen molar-refractivity contribution in [1.29, 1.82) is 0 Å². The normalized spacial score (nSPS) is 15.8. The number of pyridine rings is 2. The largest absolute Gasteiger partial charge is 0.379 e. The van der Waals surface area contributed by atoms with Crippen LogP contribution in [0, 0.1) is 13.8 Å². The third-order valence-corrected chi connectivity index (χ3v) is 3.46. The van der Waals surface area contributed by atoms with Gasteiger partial charge in [-0.2, -0.15) is 0 Å². The maximum absolute atomic E-state index is 5.01. The highest BCUT2D eigenvalue weighted by Crippen LogP contribution is 1.88. The highest BCUT2D eigenvalue weighted by atomic mass is 16.5. The second-order valence-corrected chi connectivity index (χ2v) is 5.86. The van der Waals surface area contributed by atoms with Crippen LogP contribution in [0.25, 0.3) is 0 Å². The van der Waals surface area contributed by atoms with Crippen LogP contribution in [0.15, 0.2) is 48.9 Å². The van der Waals surface area contributed by atoms with Crippen molar-refractivity contribution < 1.29 is 4.74 Å². The summed E-state index contributed by atoms with van der Waals surface area (Å²) < 4.78 is 5.01. The molecule has 2 aromatic heterocycles. The van der Waals surface area contributed by atoms with Gasteiger partial charge in [0.1, 0.15) is 0 Å². The Labute approximate surface area is 157 Å².